The Morgan fingerprint density at radius 3 is 2.47 bits per heavy atom. The second kappa shape index (κ2) is 9.86. The maximum atomic E-state index is 12.1. The zero-order valence-corrected chi connectivity index (χ0v) is 20.5. The lowest BCUT2D eigenvalue weighted by Gasteiger charge is -2.11. The molecule has 1 aromatic heterocycles. The van der Waals surface area contributed by atoms with E-state index >= 15 is 0 Å². The lowest BCUT2D eigenvalue weighted by Crippen LogP contribution is -2.19. The van der Waals surface area contributed by atoms with Crippen LogP contribution in [0.1, 0.15) is 28.1 Å². The Morgan fingerprint density at radius 1 is 1.10 bits per heavy atom. The number of amides is 1. The molecule has 7 heteroatoms. The van der Waals surface area contributed by atoms with E-state index in [2.05, 4.69) is 70.0 Å². The summed E-state index contributed by atoms with van der Waals surface area (Å²) in [5.41, 5.74) is 9.30. The molecule has 1 heterocycles. The highest BCUT2D eigenvalue weighted by atomic mass is 79.9. The van der Waals surface area contributed by atoms with E-state index in [1.165, 1.54) is 22.9 Å². The molecule has 30 heavy (non-hydrogen) atoms. The van der Waals surface area contributed by atoms with Gasteiger partial charge in [-0.3, -0.25) is 4.79 Å². The third-order valence-electron chi connectivity index (χ3n) is 4.93. The Bertz CT molecular complexity index is 1110. The van der Waals surface area contributed by atoms with Crippen LogP contribution < -0.4 is 5.43 Å². The van der Waals surface area contributed by atoms with Gasteiger partial charge in [-0.05, 0) is 91.1 Å². The largest absolute Gasteiger partial charge is 0.317 e. The molecular formula is C23H23BrClN3OS. The molecule has 0 unspecified atom stereocenters. The normalized spacial score (nSPS) is 11.3. The molecule has 0 saturated heterocycles. The van der Waals surface area contributed by atoms with Crippen LogP contribution in [-0.4, -0.2) is 22.4 Å². The number of halogens is 2. The van der Waals surface area contributed by atoms with Gasteiger partial charge in [-0.1, -0.05) is 17.7 Å². The topological polar surface area (TPSA) is 46.4 Å². The van der Waals surface area contributed by atoms with Gasteiger partial charge in [0, 0.05) is 37.0 Å². The van der Waals surface area contributed by atoms with Crippen LogP contribution >= 0.6 is 39.3 Å². The zero-order chi connectivity index (χ0) is 21.8. The lowest BCUT2D eigenvalue weighted by molar-refractivity contribution is -0.118. The van der Waals surface area contributed by atoms with Crippen molar-refractivity contribution >= 4 is 51.4 Å². The standard InChI is InChI=1S/C23H23BrClN3OS/c1-14-5-8-19(11-15(14)2)28-16(3)21(23(24)17(28)4)12-26-27-22(29)13-30-20-9-6-18(25)7-10-20/h5-12H,13H2,1-4H3,(H,27,29)/b26-12-. The summed E-state index contributed by atoms with van der Waals surface area (Å²) in [7, 11) is 0. The number of benzene rings is 2. The summed E-state index contributed by atoms with van der Waals surface area (Å²) in [5, 5.41) is 4.85. The summed E-state index contributed by atoms with van der Waals surface area (Å²) in [6, 6.07) is 13.8. The minimum Gasteiger partial charge on any atom is -0.317 e. The monoisotopic (exact) mass is 503 g/mol. The molecule has 3 rings (SSSR count). The minimum absolute atomic E-state index is 0.162. The second-order valence-corrected chi connectivity index (χ2v) is 9.32. The maximum Gasteiger partial charge on any atom is 0.250 e. The number of carbonyl (C=O) groups excluding carboxylic acids is 1. The van der Waals surface area contributed by atoms with Crippen LogP contribution in [0.4, 0.5) is 0 Å². The van der Waals surface area contributed by atoms with Gasteiger partial charge < -0.3 is 4.57 Å². The molecule has 0 aliphatic carbocycles. The third kappa shape index (κ3) is 5.17. The summed E-state index contributed by atoms with van der Waals surface area (Å²) < 4.78 is 3.16. The molecule has 156 valence electrons. The van der Waals surface area contributed by atoms with Crippen LogP contribution in [0.3, 0.4) is 0 Å². The number of thioether (sulfide) groups is 1. The van der Waals surface area contributed by atoms with Crippen molar-refractivity contribution < 1.29 is 4.79 Å². The van der Waals surface area contributed by atoms with Crippen molar-refractivity contribution in [2.24, 2.45) is 5.10 Å². The summed E-state index contributed by atoms with van der Waals surface area (Å²) in [4.78, 5) is 13.1. The number of nitrogens with one attached hydrogen (secondary N) is 1. The van der Waals surface area contributed by atoms with Gasteiger partial charge >= 0.3 is 0 Å². The molecule has 1 N–H and O–H groups in total. The van der Waals surface area contributed by atoms with Crippen LogP contribution in [0.25, 0.3) is 5.69 Å². The first-order chi connectivity index (χ1) is 14.3. The molecule has 0 aliphatic rings. The number of hydrazone groups is 1. The molecule has 0 aliphatic heterocycles. The molecular weight excluding hydrogens is 482 g/mol. The predicted molar refractivity (Wildman–Crippen MR) is 130 cm³/mol. The van der Waals surface area contributed by atoms with E-state index in [0.29, 0.717) is 5.02 Å². The molecule has 0 spiro atoms. The van der Waals surface area contributed by atoms with E-state index in [-0.39, 0.29) is 11.7 Å². The van der Waals surface area contributed by atoms with Gasteiger partial charge in [0.25, 0.3) is 0 Å². The molecule has 0 fully saturated rings. The number of carbonyl (C=O) groups is 1. The van der Waals surface area contributed by atoms with Crippen LogP contribution in [0.2, 0.25) is 5.02 Å². The Balaban J connectivity index is 1.70. The number of aromatic nitrogens is 1. The smallest absolute Gasteiger partial charge is 0.250 e. The first kappa shape index (κ1) is 22.7. The van der Waals surface area contributed by atoms with E-state index in [9.17, 15) is 4.79 Å². The Kier molecular flexibility index (Phi) is 7.45. The number of hydrogen-bond acceptors (Lipinski definition) is 3. The van der Waals surface area contributed by atoms with Crippen LogP contribution in [-0.2, 0) is 4.79 Å². The molecule has 4 nitrogen and oxygen atoms in total. The first-order valence-corrected chi connectivity index (χ1v) is 11.6. The van der Waals surface area contributed by atoms with Crippen molar-refractivity contribution in [3.05, 3.63) is 80.0 Å². The summed E-state index contributed by atoms with van der Waals surface area (Å²) in [5.74, 6) is 0.118. The van der Waals surface area contributed by atoms with Crippen molar-refractivity contribution in [1.82, 2.24) is 9.99 Å². The highest BCUT2D eigenvalue weighted by Gasteiger charge is 2.16. The average Bonchev–Trinajstić information content (AvgIpc) is 2.93. The van der Waals surface area contributed by atoms with Crippen molar-refractivity contribution in [3.8, 4) is 5.69 Å². The Morgan fingerprint density at radius 2 is 1.80 bits per heavy atom. The zero-order valence-electron chi connectivity index (χ0n) is 17.3. The van der Waals surface area contributed by atoms with Gasteiger partial charge in [-0.15, -0.1) is 11.8 Å². The Labute approximate surface area is 194 Å². The molecule has 2 aromatic carbocycles. The quantitative estimate of drug-likeness (QED) is 0.241. The SMILES string of the molecule is Cc1ccc(-n2c(C)c(Br)c(/C=N\NC(=O)CSc3ccc(Cl)cc3)c2C)cc1C. The van der Waals surface area contributed by atoms with Crippen LogP contribution in [0, 0.1) is 27.7 Å². The van der Waals surface area contributed by atoms with Crippen molar-refractivity contribution in [1.29, 1.82) is 0 Å². The summed E-state index contributed by atoms with van der Waals surface area (Å²) in [6.45, 7) is 8.33. The molecule has 0 radical (unpaired) electrons. The van der Waals surface area contributed by atoms with E-state index in [4.69, 9.17) is 11.6 Å². The van der Waals surface area contributed by atoms with Crippen molar-refractivity contribution in [2.75, 3.05) is 5.75 Å². The average molecular weight is 505 g/mol. The van der Waals surface area contributed by atoms with E-state index in [0.717, 1.165) is 32.0 Å². The predicted octanol–water partition coefficient (Wildman–Crippen LogP) is 6.37. The number of nitrogens with zero attached hydrogens (tertiary/aromatic N) is 2. The van der Waals surface area contributed by atoms with Gasteiger partial charge in [0.05, 0.1) is 12.0 Å². The van der Waals surface area contributed by atoms with Crippen LogP contribution in [0.15, 0.2) is 56.9 Å². The number of hydrogen-bond donors (Lipinski definition) is 1. The van der Waals surface area contributed by atoms with Gasteiger partial charge in [-0.25, -0.2) is 5.43 Å². The molecule has 0 atom stereocenters. The fraction of sp³-hybridized carbons (Fsp3) is 0.217. The first-order valence-electron chi connectivity index (χ1n) is 9.43. The van der Waals surface area contributed by atoms with Crippen molar-refractivity contribution in [3.63, 3.8) is 0 Å². The maximum absolute atomic E-state index is 12.1. The van der Waals surface area contributed by atoms with Gasteiger partial charge in [0.2, 0.25) is 5.91 Å². The van der Waals surface area contributed by atoms with Gasteiger partial charge in [-0.2, -0.15) is 5.10 Å². The van der Waals surface area contributed by atoms with Crippen molar-refractivity contribution in [2.45, 2.75) is 32.6 Å². The fourth-order valence-electron chi connectivity index (χ4n) is 3.11. The van der Waals surface area contributed by atoms with Crippen LogP contribution in [0.5, 0.6) is 0 Å². The minimum atomic E-state index is -0.162. The third-order valence-corrected chi connectivity index (χ3v) is 7.19. The van der Waals surface area contributed by atoms with E-state index in [1.54, 1.807) is 6.21 Å². The highest BCUT2D eigenvalue weighted by molar-refractivity contribution is 9.10. The second-order valence-electron chi connectivity index (χ2n) is 7.04. The molecule has 3 aromatic rings. The highest BCUT2D eigenvalue weighted by Crippen LogP contribution is 2.30. The number of aryl methyl sites for hydroxylation is 2. The molecule has 1 amide bonds. The molecule has 0 saturated carbocycles. The van der Waals surface area contributed by atoms with E-state index < -0.39 is 0 Å². The van der Waals surface area contributed by atoms with Gasteiger partial charge in [0.15, 0.2) is 0 Å². The molecule has 0 bridgehead atoms. The van der Waals surface area contributed by atoms with Gasteiger partial charge in [0.1, 0.15) is 0 Å². The summed E-state index contributed by atoms with van der Waals surface area (Å²) >= 11 is 11.0. The van der Waals surface area contributed by atoms with E-state index in [1.807, 2.05) is 31.2 Å². The Hall–Kier alpha value is -2.02. The lowest BCUT2D eigenvalue weighted by atomic mass is 10.1. The summed E-state index contributed by atoms with van der Waals surface area (Å²) in [6.07, 6.45) is 1.69. The fourth-order valence-corrected chi connectivity index (χ4v) is 4.49. The number of rotatable bonds is 6.